The molecule has 0 spiro atoms. The summed E-state index contributed by atoms with van der Waals surface area (Å²) >= 11 is 0. The van der Waals surface area contributed by atoms with Crippen LogP contribution in [-0.2, 0) is 0 Å². The monoisotopic (exact) mass is 494 g/mol. The number of rotatable bonds is 3. The second-order valence-electron chi connectivity index (χ2n) is 8.28. The first-order valence-corrected chi connectivity index (χ1v) is 12.1. The van der Waals surface area contributed by atoms with E-state index in [9.17, 15) is 4.79 Å². The van der Waals surface area contributed by atoms with Crippen molar-refractivity contribution >= 4 is 23.9 Å². The first-order chi connectivity index (χ1) is 18.7. The Kier molecular flexibility index (Phi) is 10.7. The SMILES string of the molecule is CC=[N+]=[N-].Cc1ccccc1N.[2H]C(=O)c1ccccc1.[2H][C@]1(c2ccccc2)[C@@H](C)N1c1ccccc1C. The van der Waals surface area contributed by atoms with Gasteiger partial charge in [0.15, 0.2) is 0 Å². The summed E-state index contributed by atoms with van der Waals surface area (Å²) in [6, 6.07) is 34.3. The fourth-order valence-electron chi connectivity index (χ4n) is 3.55. The van der Waals surface area contributed by atoms with Crippen LogP contribution in [0.2, 0.25) is 0 Å². The molecule has 190 valence electrons. The molecule has 0 aliphatic carbocycles. The lowest BCUT2D eigenvalue weighted by Crippen LogP contribution is -1.98. The van der Waals surface area contributed by atoms with Gasteiger partial charge in [0.2, 0.25) is 0 Å². The van der Waals surface area contributed by atoms with Crippen molar-refractivity contribution in [2.24, 2.45) is 0 Å². The third-order valence-corrected chi connectivity index (χ3v) is 5.61. The molecule has 0 radical (unpaired) electrons. The van der Waals surface area contributed by atoms with Crippen LogP contribution in [0.4, 0.5) is 11.4 Å². The first kappa shape index (κ1) is 25.6. The van der Waals surface area contributed by atoms with Crippen LogP contribution in [0.15, 0.2) is 109 Å². The van der Waals surface area contributed by atoms with E-state index < -0.39 is 12.3 Å². The number of hydrogen-bond acceptors (Lipinski definition) is 3. The summed E-state index contributed by atoms with van der Waals surface area (Å²) in [5, 5.41) is 0. The Balaban J connectivity index is 0.000000213. The van der Waals surface area contributed by atoms with E-state index in [0.29, 0.717) is 5.56 Å². The average Bonchev–Trinajstić information content (AvgIpc) is 3.53. The molecule has 0 bridgehead atoms. The molecule has 1 aliphatic rings. The number of aryl methyl sites for hydroxylation is 2. The molecule has 1 aliphatic heterocycles. The summed E-state index contributed by atoms with van der Waals surface area (Å²) in [6.45, 7) is 7.85. The Labute approximate surface area is 223 Å². The van der Waals surface area contributed by atoms with Crippen molar-refractivity contribution in [3.63, 3.8) is 0 Å². The van der Waals surface area contributed by atoms with Crippen LogP contribution in [0, 0.1) is 13.8 Å². The summed E-state index contributed by atoms with van der Waals surface area (Å²) in [6.07, 6.45) is 0.676. The smallest absolute Gasteiger partial charge is 0.254 e. The lowest BCUT2D eigenvalue weighted by Gasteiger charge is -2.09. The van der Waals surface area contributed by atoms with E-state index in [2.05, 4.69) is 35.7 Å². The summed E-state index contributed by atoms with van der Waals surface area (Å²) in [5.74, 6) is 0. The number of para-hydroxylation sites is 2. The number of carbonyl (C=O) groups excluding carboxylic acids is 1. The molecule has 0 amide bonds. The van der Waals surface area contributed by atoms with Gasteiger partial charge < -0.3 is 16.2 Å². The molecule has 0 unspecified atom stereocenters. The minimum absolute atomic E-state index is 0.223. The van der Waals surface area contributed by atoms with Gasteiger partial charge in [0, 0.05) is 23.9 Å². The molecule has 1 fully saturated rings. The lowest BCUT2D eigenvalue weighted by molar-refractivity contribution is 0.00297. The molecule has 0 saturated carbocycles. The zero-order chi connectivity index (χ0) is 28.8. The number of anilines is 2. The molecule has 2 atom stereocenters. The van der Waals surface area contributed by atoms with Crippen molar-refractivity contribution in [1.82, 2.24) is 0 Å². The van der Waals surface area contributed by atoms with Gasteiger partial charge in [-0.15, -0.1) is 0 Å². The predicted molar refractivity (Wildman–Crippen MR) is 155 cm³/mol. The number of benzene rings is 4. The molecule has 1 saturated heterocycles. The Morgan fingerprint density at radius 1 is 0.865 bits per heavy atom. The Hall–Kier alpha value is -4.47. The van der Waals surface area contributed by atoms with Crippen molar-refractivity contribution in [3.8, 4) is 0 Å². The largest absolute Gasteiger partial charge is 0.399 e. The fourth-order valence-corrected chi connectivity index (χ4v) is 3.55. The summed E-state index contributed by atoms with van der Waals surface area (Å²) in [7, 11) is 0. The lowest BCUT2D eigenvalue weighted by atomic mass is 10.1. The predicted octanol–water partition coefficient (Wildman–Crippen LogP) is 7.33. The summed E-state index contributed by atoms with van der Waals surface area (Å²) in [4.78, 5) is 15.1. The van der Waals surface area contributed by atoms with Crippen molar-refractivity contribution in [2.75, 3.05) is 10.6 Å². The van der Waals surface area contributed by atoms with E-state index in [1.165, 1.54) is 17.5 Å². The fraction of sp³-hybridized carbons (Fsp3) is 0.188. The highest BCUT2D eigenvalue weighted by molar-refractivity contribution is 5.74. The van der Waals surface area contributed by atoms with Gasteiger partial charge in [-0.2, -0.15) is 4.79 Å². The van der Waals surface area contributed by atoms with Gasteiger partial charge in [-0.1, -0.05) is 97.1 Å². The maximum atomic E-state index is 10.3. The van der Waals surface area contributed by atoms with Gasteiger partial charge in [-0.05, 0) is 49.6 Å². The number of nitrogen functional groups attached to an aromatic ring is 1. The maximum Gasteiger partial charge on any atom is 0.254 e. The van der Waals surface area contributed by atoms with Crippen LogP contribution >= 0.6 is 0 Å². The van der Waals surface area contributed by atoms with Crippen LogP contribution in [-0.4, -0.2) is 23.3 Å². The summed E-state index contributed by atoms with van der Waals surface area (Å²) in [5.41, 5.74) is 18.9. The average molecular weight is 495 g/mol. The van der Waals surface area contributed by atoms with E-state index >= 15 is 0 Å². The number of aldehydes is 1. The van der Waals surface area contributed by atoms with Gasteiger partial charge in [-0.25, -0.2) is 0 Å². The molecular formula is C32H36N4O. The number of carbonyl (C=O) groups is 1. The van der Waals surface area contributed by atoms with Crippen LogP contribution in [0.25, 0.3) is 5.53 Å². The molecule has 4 aromatic carbocycles. The van der Waals surface area contributed by atoms with Gasteiger partial charge in [0.1, 0.15) is 7.63 Å². The second kappa shape index (κ2) is 15.5. The minimum Gasteiger partial charge on any atom is -0.399 e. The molecule has 5 nitrogen and oxygen atoms in total. The molecule has 37 heavy (non-hydrogen) atoms. The standard InChI is InChI=1S/C16H17N.C7H9N.C7H6O.C2H4N2/c1-12-8-6-7-11-15(12)17-13(2)16(17)14-9-4-3-5-10-14;1-6-4-2-3-5-7(6)8;8-6-7-4-2-1-3-5-7;1-2-4-3/h3-11,13,16H,1-2H3;2-5H,8H2,1H3;1-6H;2H,1H3/t13-,16-,17?;;;/m1.../s1/i16D;;6D;. The van der Waals surface area contributed by atoms with Gasteiger partial charge >= 0.3 is 0 Å². The van der Waals surface area contributed by atoms with E-state index in [0.717, 1.165) is 16.8 Å². The Morgan fingerprint density at radius 2 is 1.35 bits per heavy atom. The summed E-state index contributed by atoms with van der Waals surface area (Å²) < 4.78 is 15.4. The quantitative estimate of drug-likeness (QED) is 0.0808. The van der Waals surface area contributed by atoms with E-state index in [-0.39, 0.29) is 6.04 Å². The van der Waals surface area contributed by atoms with Gasteiger partial charge in [0.05, 0.1) is 13.4 Å². The normalized spacial score (nSPS) is 17.4. The third-order valence-electron chi connectivity index (χ3n) is 5.61. The van der Waals surface area contributed by atoms with Gasteiger partial charge in [0.25, 0.3) is 6.21 Å². The van der Waals surface area contributed by atoms with Crippen LogP contribution < -0.4 is 10.6 Å². The number of nitrogens with two attached hydrogens (primary N) is 1. The molecule has 4 aromatic rings. The Morgan fingerprint density at radius 3 is 1.78 bits per heavy atom. The minimum atomic E-state index is -0.629. The topological polar surface area (TPSA) is 82.5 Å². The van der Waals surface area contributed by atoms with Crippen molar-refractivity contribution in [2.45, 2.75) is 39.8 Å². The first-order valence-electron chi connectivity index (χ1n) is 13.1. The maximum absolute atomic E-state index is 10.3. The van der Waals surface area contributed by atoms with E-state index in [1.54, 1.807) is 31.2 Å². The Bertz CT molecular complexity index is 1350. The molecule has 5 heteroatoms. The van der Waals surface area contributed by atoms with E-state index in [4.69, 9.17) is 14.0 Å². The van der Waals surface area contributed by atoms with Crippen LogP contribution in [0.1, 0.15) is 49.7 Å². The van der Waals surface area contributed by atoms with Crippen molar-refractivity contribution < 1.29 is 12.3 Å². The van der Waals surface area contributed by atoms with Crippen molar-refractivity contribution in [3.05, 3.63) is 137 Å². The highest BCUT2D eigenvalue weighted by Crippen LogP contribution is 2.47. The molecule has 2 N–H and O–H groups in total. The zero-order valence-electron chi connectivity index (χ0n) is 23.9. The number of nitrogens with zero attached hydrogens (tertiary/aromatic N) is 3. The van der Waals surface area contributed by atoms with E-state index in [1.807, 2.05) is 79.7 Å². The second-order valence-corrected chi connectivity index (χ2v) is 8.28. The van der Waals surface area contributed by atoms with Crippen LogP contribution in [0.3, 0.4) is 0 Å². The molecule has 0 aromatic heterocycles. The van der Waals surface area contributed by atoms with Crippen LogP contribution in [0.5, 0.6) is 0 Å². The van der Waals surface area contributed by atoms with Gasteiger partial charge in [-0.3, -0.25) is 4.79 Å². The molecule has 1 heterocycles. The third kappa shape index (κ3) is 9.25. The molecular weight excluding hydrogens is 456 g/mol. The zero-order valence-corrected chi connectivity index (χ0v) is 21.9. The highest BCUT2D eigenvalue weighted by atomic mass is 16.1. The number of hydrogen-bond donors (Lipinski definition) is 1. The highest BCUT2D eigenvalue weighted by Gasteiger charge is 2.45. The van der Waals surface area contributed by atoms with Crippen molar-refractivity contribution in [1.29, 1.82) is 0 Å². The molecule has 5 rings (SSSR count).